The maximum Gasteiger partial charge on any atom is 0.177 e. The van der Waals surface area contributed by atoms with Gasteiger partial charge in [-0.3, -0.25) is 24.0 Å². The summed E-state index contributed by atoms with van der Waals surface area (Å²) in [5.74, 6) is -12.4. The number of aldehydes is 1. The Kier molecular flexibility index (Phi) is 17.7. The number of aliphatic hydroxyl groups excluding tert-OH is 11. The summed E-state index contributed by atoms with van der Waals surface area (Å²) in [5.41, 5.74) is -10.2. The maximum atomic E-state index is 15.2. The minimum Gasteiger partial charge on any atom is -0.392 e. The molecule has 0 radical (unpaired) electrons. The molecule has 9 aliphatic rings. The molecule has 11 N–H and O–H groups in total. The Balaban J connectivity index is 1.17. The van der Waals surface area contributed by atoms with Gasteiger partial charge in [0.05, 0.1) is 44.2 Å². The van der Waals surface area contributed by atoms with Crippen molar-refractivity contribution in [2.45, 2.75) is 160 Å². The SMILES string of the molecule is CC1=CC=CC2(C)C=C(CO)C(C)CC23OC(O)C(C3=O)C(O)C=CC2(C)C=C(CO)C(C)CC23OC(O)C(C3=O)C(O)C(C)=CC=CC2C=C(CO)C(C)CC23OC(O)C(C3=O)C(O)C=CC2(C)C=C(C=O)C(C)CC23OC(O)C(C3=O)C1O. The molecule has 0 saturated carbocycles. The number of hydrogen-bond donors (Lipinski definition) is 11. The van der Waals surface area contributed by atoms with Gasteiger partial charge in [-0.1, -0.05) is 113 Å². The lowest BCUT2D eigenvalue weighted by Crippen LogP contribution is -2.55. The van der Waals surface area contributed by atoms with Crippen molar-refractivity contribution in [3.8, 4) is 0 Å². The molecule has 24 unspecified atom stereocenters. The fourth-order valence-electron chi connectivity index (χ4n) is 15.6. The van der Waals surface area contributed by atoms with Gasteiger partial charge >= 0.3 is 0 Å². The Bertz CT molecular complexity index is 3040. The summed E-state index contributed by atoms with van der Waals surface area (Å²) in [7, 11) is 0. The van der Waals surface area contributed by atoms with Crippen molar-refractivity contribution in [1.29, 1.82) is 0 Å². The van der Waals surface area contributed by atoms with Gasteiger partial charge in [0.15, 0.2) is 48.3 Å². The first-order chi connectivity index (χ1) is 39.8. The molecule has 464 valence electrons. The normalized spacial score (nSPS) is 47.9. The van der Waals surface area contributed by atoms with Crippen molar-refractivity contribution in [3.63, 3.8) is 0 Å². The van der Waals surface area contributed by atoms with E-state index in [-0.39, 0.29) is 49.0 Å². The molecule has 0 amide bonds. The van der Waals surface area contributed by atoms with Crippen LogP contribution in [0.25, 0.3) is 0 Å². The molecule has 0 aromatic rings. The lowest BCUT2D eigenvalue weighted by molar-refractivity contribution is -0.186. The van der Waals surface area contributed by atoms with Gasteiger partial charge in [0.1, 0.15) is 52.4 Å². The highest BCUT2D eigenvalue weighted by Gasteiger charge is 2.69. The molecule has 24 atom stereocenters. The monoisotopic (exact) mass is 1180 g/mol. The molecule has 4 fully saturated rings. The van der Waals surface area contributed by atoms with Crippen LogP contribution in [0.15, 0.2) is 119 Å². The standard InChI is InChI=1S/C65H84O20/c1-32-12-10-14-42-20-38(28-66)34(3)21-62(42)51(74)45(55(78)82-62)43(70)15-18-60(8)26-40(30-68)37(6)24-65(60)54(77)48(58(81)85-65)50(73)33(2)13-11-17-59(7)25-39(29-67)35(4)22-63(59)52(75)46(56(79)83-63)44(71)16-19-61(9)27-41(31-69)36(5)23-64(61)53(76)47(49(32)72)57(80)84-64/h10-20,25-27,30,34-37,42-50,55-58,66-67,69-73,78-81H,21-24,28-29,31H2,1-9H3. The highest BCUT2D eigenvalue weighted by atomic mass is 16.6. The number of rotatable bonds is 4. The highest BCUT2D eigenvalue weighted by molar-refractivity contribution is 5.97. The molecule has 4 heterocycles. The van der Waals surface area contributed by atoms with Crippen LogP contribution in [0.3, 0.4) is 0 Å². The first-order valence-corrected chi connectivity index (χ1v) is 29.4. The van der Waals surface area contributed by atoms with Crippen molar-refractivity contribution in [2.24, 2.45) is 69.5 Å². The molecule has 8 bridgehead atoms. The quantitative estimate of drug-likeness (QED) is 0.142. The predicted molar refractivity (Wildman–Crippen MR) is 304 cm³/mol. The minimum atomic E-state index is -1.98. The van der Waals surface area contributed by atoms with Gasteiger partial charge in [-0.2, -0.15) is 0 Å². The number of allylic oxidation sites excluding steroid dienone is 5. The molecule has 4 aliphatic heterocycles. The summed E-state index contributed by atoms with van der Waals surface area (Å²) in [6, 6.07) is 0. The molecule has 4 spiro atoms. The summed E-state index contributed by atoms with van der Waals surface area (Å²) in [5, 5.41) is 126. The third-order valence-corrected chi connectivity index (χ3v) is 21.0. The molecule has 85 heavy (non-hydrogen) atoms. The predicted octanol–water partition coefficient (Wildman–Crippen LogP) is 2.33. The Morgan fingerprint density at radius 3 is 1.34 bits per heavy atom. The first-order valence-electron chi connectivity index (χ1n) is 29.4. The van der Waals surface area contributed by atoms with E-state index in [2.05, 4.69) is 0 Å². The van der Waals surface area contributed by atoms with Crippen molar-refractivity contribution < 1.29 is 99.1 Å². The number of hydrogen-bond acceptors (Lipinski definition) is 20. The second-order valence-corrected chi connectivity index (χ2v) is 26.3. The molecule has 0 aromatic carbocycles. The van der Waals surface area contributed by atoms with E-state index in [0.717, 1.165) is 0 Å². The van der Waals surface area contributed by atoms with E-state index in [9.17, 15) is 65.8 Å². The minimum absolute atomic E-state index is 0.0516. The van der Waals surface area contributed by atoms with Gasteiger partial charge in [-0.15, -0.1) is 0 Å². The van der Waals surface area contributed by atoms with Crippen LogP contribution < -0.4 is 0 Å². The van der Waals surface area contributed by atoms with E-state index >= 15 is 14.4 Å². The number of Topliss-reactive ketones (excluding diaryl/α,β-unsaturated/α-hetero) is 4. The molecular weight excluding hydrogens is 1100 g/mol. The van der Waals surface area contributed by atoms with E-state index in [4.69, 9.17) is 18.9 Å². The van der Waals surface area contributed by atoms with Gasteiger partial charge < -0.3 is 75.1 Å². The largest absolute Gasteiger partial charge is 0.392 e. The summed E-state index contributed by atoms with van der Waals surface area (Å²) < 4.78 is 25.1. The maximum absolute atomic E-state index is 15.2. The fraction of sp³-hybridized carbons (Fsp3) is 0.615. The van der Waals surface area contributed by atoms with Crippen LogP contribution in [0.2, 0.25) is 0 Å². The molecular formula is C65H84O20. The number of carbonyl (C=O) groups excluding carboxylic acids is 5. The average molecular weight is 1190 g/mol. The van der Waals surface area contributed by atoms with Crippen LogP contribution in [0, 0.1) is 69.5 Å². The van der Waals surface area contributed by atoms with Crippen molar-refractivity contribution in [2.75, 3.05) is 19.8 Å². The van der Waals surface area contributed by atoms with Crippen molar-refractivity contribution in [1.82, 2.24) is 0 Å². The van der Waals surface area contributed by atoms with Crippen LogP contribution in [0.1, 0.15) is 88.0 Å². The van der Waals surface area contributed by atoms with Gasteiger partial charge in [0.2, 0.25) is 0 Å². The average Bonchev–Trinajstić information content (AvgIpc) is 1.67. The number of carbonyl (C=O) groups is 5. The topological polar surface area (TPSA) is 345 Å². The Hall–Kier alpha value is -4.85. The lowest BCUT2D eigenvalue weighted by Gasteiger charge is -2.47. The van der Waals surface area contributed by atoms with Crippen LogP contribution in [0.4, 0.5) is 0 Å². The summed E-state index contributed by atoms with van der Waals surface area (Å²) >= 11 is 0. The van der Waals surface area contributed by atoms with Gasteiger partial charge in [0.25, 0.3) is 0 Å². The third kappa shape index (κ3) is 10.1. The highest BCUT2D eigenvalue weighted by Crippen LogP contribution is 2.58. The zero-order valence-corrected chi connectivity index (χ0v) is 49.5. The van der Waals surface area contributed by atoms with E-state index in [1.165, 1.54) is 75.5 Å². The van der Waals surface area contributed by atoms with Crippen molar-refractivity contribution >= 4 is 29.4 Å². The summed E-state index contributed by atoms with van der Waals surface area (Å²) in [6.45, 7) is 13.5. The third-order valence-electron chi connectivity index (χ3n) is 21.0. The zero-order chi connectivity index (χ0) is 62.5. The molecule has 20 heteroatoms. The number of ether oxygens (including phenoxy) is 4. The molecule has 20 nitrogen and oxygen atoms in total. The Morgan fingerprint density at radius 2 is 0.871 bits per heavy atom. The van der Waals surface area contributed by atoms with E-state index in [1.807, 2.05) is 0 Å². The number of ketones is 4. The summed E-state index contributed by atoms with van der Waals surface area (Å²) in [4.78, 5) is 72.9. The van der Waals surface area contributed by atoms with E-state index in [1.54, 1.807) is 71.9 Å². The van der Waals surface area contributed by atoms with Crippen LogP contribution in [0.5, 0.6) is 0 Å². The number of aliphatic hydroxyl groups is 11. The second kappa shape index (κ2) is 23.3. The number of fused-ring (bicyclic) bond motifs is 4. The van der Waals surface area contributed by atoms with Gasteiger partial charge in [0, 0.05) is 22.2 Å². The molecule has 5 aliphatic carbocycles. The van der Waals surface area contributed by atoms with E-state index in [0.29, 0.717) is 23.0 Å². The zero-order valence-electron chi connectivity index (χ0n) is 49.5. The smallest absolute Gasteiger partial charge is 0.177 e. The van der Waals surface area contributed by atoms with Crippen LogP contribution >= 0.6 is 0 Å². The first kappa shape index (κ1) is 64.6. The lowest BCUT2D eigenvalue weighted by atomic mass is 9.59. The molecule has 9 rings (SSSR count). The van der Waals surface area contributed by atoms with Gasteiger partial charge in [-0.25, -0.2) is 0 Å². The fourth-order valence-corrected chi connectivity index (χ4v) is 15.6. The summed E-state index contributed by atoms with van der Waals surface area (Å²) in [6.07, 6.45) is 6.14. The van der Waals surface area contributed by atoms with Crippen molar-refractivity contribution in [3.05, 3.63) is 119 Å². The van der Waals surface area contributed by atoms with Crippen LogP contribution in [-0.4, -0.2) is 177 Å². The second-order valence-electron chi connectivity index (χ2n) is 26.3. The van der Waals surface area contributed by atoms with E-state index < -0.39 is 178 Å². The Labute approximate surface area is 494 Å². The van der Waals surface area contributed by atoms with Crippen LogP contribution in [-0.2, 0) is 42.9 Å². The molecule has 0 aromatic heterocycles. The van der Waals surface area contributed by atoms with Gasteiger partial charge in [-0.05, 0) is 117 Å². The molecule has 4 saturated heterocycles. The Morgan fingerprint density at radius 1 is 0.482 bits per heavy atom.